The molecule has 3 heteroatoms. The van der Waals surface area contributed by atoms with E-state index in [1.807, 2.05) is 12.1 Å². The highest BCUT2D eigenvalue weighted by atomic mass is 16.5. The van der Waals surface area contributed by atoms with E-state index in [4.69, 9.17) is 10.5 Å². The number of H-pyrrole nitrogens is 1. The van der Waals surface area contributed by atoms with Gasteiger partial charge in [0, 0.05) is 23.2 Å². The number of methoxy groups -OCH3 is 1. The fourth-order valence-electron chi connectivity index (χ4n) is 2.34. The molecule has 2 aromatic rings. The van der Waals surface area contributed by atoms with Crippen LogP contribution in [0.4, 0.5) is 0 Å². The molecule has 1 saturated carbocycles. The van der Waals surface area contributed by atoms with Crippen molar-refractivity contribution in [2.24, 2.45) is 11.7 Å². The second-order valence-electron chi connectivity index (χ2n) is 4.52. The Morgan fingerprint density at radius 3 is 3.00 bits per heavy atom. The molecule has 1 heterocycles. The fraction of sp³-hybridized carbons (Fsp3) is 0.385. The second-order valence-corrected chi connectivity index (χ2v) is 4.52. The number of hydrogen-bond donors (Lipinski definition) is 2. The van der Waals surface area contributed by atoms with Crippen LogP contribution in [-0.4, -0.2) is 18.6 Å². The zero-order valence-corrected chi connectivity index (χ0v) is 9.36. The highest BCUT2D eigenvalue weighted by molar-refractivity contribution is 5.82. The standard InChI is InChI=1S/C13H16N2O/c1-16-10-3-2-8-5-13(15-12(8)6-10)11-4-9(11)7-14/h2-3,5-6,9,11,15H,4,7,14H2,1H3/t9-,11+/m0/s1. The maximum Gasteiger partial charge on any atom is 0.120 e. The summed E-state index contributed by atoms with van der Waals surface area (Å²) in [5.41, 5.74) is 8.14. The highest BCUT2D eigenvalue weighted by Crippen LogP contribution is 2.46. The number of benzene rings is 1. The lowest BCUT2D eigenvalue weighted by Crippen LogP contribution is -2.01. The first kappa shape index (κ1) is 9.73. The Hall–Kier alpha value is -1.48. The topological polar surface area (TPSA) is 51.0 Å². The Morgan fingerprint density at radius 1 is 1.44 bits per heavy atom. The summed E-state index contributed by atoms with van der Waals surface area (Å²) in [5.74, 6) is 2.21. The third kappa shape index (κ3) is 1.48. The summed E-state index contributed by atoms with van der Waals surface area (Å²) in [6, 6.07) is 8.36. The van der Waals surface area contributed by atoms with Crippen molar-refractivity contribution < 1.29 is 4.74 Å². The van der Waals surface area contributed by atoms with Gasteiger partial charge in [-0.1, -0.05) is 0 Å². The van der Waals surface area contributed by atoms with Gasteiger partial charge in [-0.2, -0.15) is 0 Å². The molecule has 0 spiro atoms. The molecule has 16 heavy (non-hydrogen) atoms. The Morgan fingerprint density at radius 2 is 2.31 bits per heavy atom. The van der Waals surface area contributed by atoms with E-state index in [0.29, 0.717) is 11.8 Å². The van der Waals surface area contributed by atoms with E-state index in [0.717, 1.165) is 17.8 Å². The Labute approximate surface area is 94.6 Å². The van der Waals surface area contributed by atoms with Crippen molar-refractivity contribution in [3.63, 3.8) is 0 Å². The van der Waals surface area contributed by atoms with Gasteiger partial charge in [0.25, 0.3) is 0 Å². The summed E-state index contributed by atoms with van der Waals surface area (Å²) in [6.07, 6.45) is 1.22. The average Bonchev–Trinajstić information content (AvgIpc) is 2.99. The molecule has 84 valence electrons. The summed E-state index contributed by atoms with van der Waals surface area (Å²) in [6.45, 7) is 0.795. The van der Waals surface area contributed by atoms with Gasteiger partial charge in [0.2, 0.25) is 0 Å². The normalized spacial score (nSPS) is 23.6. The number of fused-ring (bicyclic) bond motifs is 1. The van der Waals surface area contributed by atoms with E-state index < -0.39 is 0 Å². The molecular weight excluding hydrogens is 200 g/mol. The molecule has 3 N–H and O–H groups in total. The number of nitrogens with one attached hydrogen (secondary N) is 1. The molecule has 1 aromatic carbocycles. The summed E-state index contributed by atoms with van der Waals surface area (Å²) in [4.78, 5) is 3.46. The molecule has 1 fully saturated rings. The molecule has 0 unspecified atom stereocenters. The van der Waals surface area contributed by atoms with Crippen molar-refractivity contribution in [2.75, 3.05) is 13.7 Å². The van der Waals surface area contributed by atoms with Crippen molar-refractivity contribution in [1.29, 1.82) is 0 Å². The van der Waals surface area contributed by atoms with Gasteiger partial charge in [-0.05, 0) is 42.5 Å². The van der Waals surface area contributed by atoms with E-state index in [-0.39, 0.29) is 0 Å². The molecule has 0 bridgehead atoms. The van der Waals surface area contributed by atoms with Gasteiger partial charge in [-0.25, -0.2) is 0 Å². The molecule has 2 atom stereocenters. The van der Waals surface area contributed by atoms with Crippen LogP contribution < -0.4 is 10.5 Å². The van der Waals surface area contributed by atoms with Crippen molar-refractivity contribution in [1.82, 2.24) is 4.98 Å². The summed E-state index contributed by atoms with van der Waals surface area (Å²) >= 11 is 0. The first-order chi connectivity index (χ1) is 7.81. The van der Waals surface area contributed by atoms with Crippen LogP contribution in [0.2, 0.25) is 0 Å². The Balaban J connectivity index is 1.97. The SMILES string of the molecule is COc1ccc2cc([C@@H]3C[C@H]3CN)[nH]c2c1. The average molecular weight is 216 g/mol. The van der Waals surface area contributed by atoms with Gasteiger partial charge in [0.15, 0.2) is 0 Å². The van der Waals surface area contributed by atoms with Crippen LogP contribution in [-0.2, 0) is 0 Å². The monoisotopic (exact) mass is 216 g/mol. The third-order valence-corrected chi connectivity index (χ3v) is 3.48. The minimum atomic E-state index is 0.642. The molecule has 0 aliphatic heterocycles. The minimum absolute atomic E-state index is 0.642. The number of nitrogens with two attached hydrogens (primary N) is 1. The Bertz CT molecular complexity index is 518. The van der Waals surface area contributed by atoms with Gasteiger partial charge in [0.05, 0.1) is 7.11 Å². The van der Waals surface area contributed by atoms with Crippen LogP contribution in [0.5, 0.6) is 5.75 Å². The van der Waals surface area contributed by atoms with Crippen LogP contribution in [0.1, 0.15) is 18.0 Å². The number of rotatable bonds is 3. The maximum absolute atomic E-state index is 5.67. The number of ether oxygens (including phenoxy) is 1. The summed E-state index contributed by atoms with van der Waals surface area (Å²) < 4.78 is 5.21. The molecule has 0 saturated heterocycles. The molecule has 0 radical (unpaired) electrons. The molecule has 3 nitrogen and oxygen atoms in total. The third-order valence-electron chi connectivity index (χ3n) is 3.48. The predicted molar refractivity (Wildman–Crippen MR) is 64.8 cm³/mol. The molecule has 1 aliphatic carbocycles. The molecular formula is C13H16N2O. The number of aromatic nitrogens is 1. The van der Waals surface area contributed by atoms with E-state index >= 15 is 0 Å². The number of hydrogen-bond acceptors (Lipinski definition) is 2. The predicted octanol–water partition coefficient (Wildman–Crippen LogP) is 2.24. The van der Waals surface area contributed by atoms with Crippen LogP contribution in [0.15, 0.2) is 24.3 Å². The minimum Gasteiger partial charge on any atom is -0.497 e. The highest BCUT2D eigenvalue weighted by Gasteiger charge is 2.37. The van der Waals surface area contributed by atoms with Crippen molar-refractivity contribution in [3.8, 4) is 5.75 Å². The van der Waals surface area contributed by atoms with Gasteiger partial charge < -0.3 is 15.5 Å². The van der Waals surface area contributed by atoms with Crippen LogP contribution in [0.25, 0.3) is 10.9 Å². The van der Waals surface area contributed by atoms with E-state index in [1.54, 1.807) is 7.11 Å². The van der Waals surface area contributed by atoms with E-state index in [2.05, 4.69) is 17.1 Å². The van der Waals surface area contributed by atoms with Crippen molar-refractivity contribution in [2.45, 2.75) is 12.3 Å². The van der Waals surface area contributed by atoms with Gasteiger partial charge >= 0.3 is 0 Å². The Kier molecular flexibility index (Phi) is 2.14. The van der Waals surface area contributed by atoms with E-state index in [1.165, 1.54) is 17.5 Å². The molecule has 1 aliphatic rings. The zero-order valence-electron chi connectivity index (χ0n) is 9.36. The van der Waals surface area contributed by atoms with Crippen LogP contribution >= 0.6 is 0 Å². The lowest BCUT2D eigenvalue weighted by molar-refractivity contribution is 0.415. The van der Waals surface area contributed by atoms with Gasteiger partial charge in [-0.3, -0.25) is 0 Å². The smallest absolute Gasteiger partial charge is 0.120 e. The molecule has 1 aromatic heterocycles. The van der Waals surface area contributed by atoms with Crippen molar-refractivity contribution >= 4 is 10.9 Å². The fourth-order valence-corrected chi connectivity index (χ4v) is 2.34. The van der Waals surface area contributed by atoms with Crippen molar-refractivity contribution in [3.05, 3.63) is 30.0 Å². The summed E-state index contributed by atoms with van der Waals surface area (Å²) in [5, 5.41) is 1.25. The molecule has 0 amide bonds. The summed E-state index contributed by atoms with van der Waals surface area (Å²) in [7, 11) is 1.69. The zero-order chi connectivity index (χ0) is 11.1. The van der Waals surface area contributed by atoms with Gasteiger partial charge in [0.1, 0.15) is 5.75 Å². The second kappa shape index (κ2) is 3.52. The maximum atomic E-state index is 5.67. The molecule has 3 rings (SSSR count). The lowest BCUT2D eigenvalue weighted by Gasteiger charge is -1.97. The first-order valence-electron chi connectivity index (χ1n) is 5.68. The van der Waals surface area contributed by atoms with Gasteiger partial charge in [-0.15, -0.1) is 0 Å². The van der Waals surface area contributed by atoms with Crippen LogP contribution in [0, 0.1) is 5.92 Å². The number of aromatic amines is 1. The largest absolute Gasteiger partial charge is 0.497 e. The first-order valence-corrected chi connectivity index (χ1v) is 5.68. The van der Waals surface area contributed by atoms with Crippen LogP contribution in [0.3, 0.4) is 0 Å². The quantitative estimate of drug-likeness (QED) is 0.826. The van der Waals surface area contributed by atoms with E-state index in [9.17, 15) is 0 Å². The lowest BCUT2D eigenvalue weighted by atomic mass is 10.2.